The van der Waals surface area contributed by atoms with Gasteiger partial charge in [-0.25, -0.2) is 0 Å². The van der Waals surface area contributed by atoms with Crippen LogP contribution in [-0.4, -0.2) is 12.6 Å². The van der Waals surface area contributed by atoms with E-state index < -0.39 is 0 Å². The fraction of sp³-hybridized carbons (Fsp3) is 0.895. The predicted octanol–water partition coefficient (Wildman–Crippen LogP) is 6.10. The highest BCUT2D eigenvalue weighted by molar-refractivity contribution is 4.75. The first-order chi connectivity index (χ1) is 9.48. The predicted molar refractivity (Wildman–Crippen MR) is 93.3 cm³/mol. The number of nitrogens with one attached hydrogen (secondary N) is 1. The second-order valence-corrected chi connectivity index (χ2v) is 7.30. The Morgan fingerprint density at radius 2 is 1.30 bits per heavy atom. The SMILES string of the molecule is C=CCCCCCCCCCCCNC(C)C(C)(C)C. The van der Waals surface area contributed by atoms with Crippen LogP contribution in [0.25, 0.3) is 0 Å². The maximum absolute atomic E-state index is 3.76. The highest BCUT2D eigenvalue weighted by Crippen LogP contribution is 2.18. The molecule has 0 bridgehead atoms. The van der Waals surface area contributed by atoms with Crippen molar-refractivity contribution in [3.63, 3.8) is 0 Å². The normalized spacial score (nSPS) is 13.4. The van der Waals surface area contributed by atoms with Crippen LogP contribution in [0.2, 0.25) is 0 Å². The van der Waals surface area contributed by atoms with Crippen molar-refractivity contribution >= 4 is 0 Å². The molecule has 0 aromatic rings. The molecule has 0 aromatic heterocycles. The first-order valence-corrected chi connectivity index (χ1v) is 8.82. The molecule has 0 aliphatic rings. The molecule has 1 unspecified atom stereocenters. The van der Waals surface area contributed by atoms with Crippen LogP contribution in [0.15, 0.2) is 12.7 Å². The third-order valence-electron chi connectivity index (χ3n) is 4.33. The molecule has 1 nitrogen and oxygen atoms in total. The molecule has 0 aliphatic carbocycles. The van der Waals surface area contributed by atoms with E-state index in [1.54, 1.807) is 0 Å². The zero-order chi connectivity index (χ0) is 15.3. The Labute approximate surface area is 128 Å². The van der Waals surface area contributed by atoms with Crippen LogP contribution >= 0.6 is 0 Å². The number of hydrogen-bond acceptors (Lipinski definition) is 1. The summed E-state index contributed by atoms with van der Waals surface area (Å²) in [6, 6.07) is 0.609. The van der Waals surface area contributed by atoms with E-state index in [1.807, 2.05) is 6.08 Å². The fourth-order valence-electron chi connectivity index (χ4n) is 2.28. The molecular formula is C19H39N. The Hall–Kier alpha value is -0.300. The summed E-state index contributed by atoms with van der Waals surface area (Å²) in [4.78, 5) is 0. The van der Waals surface area contributed by atoms with Crippen molar-refractivity contribution in [2.45, 2.75) is 97.9 Å². The Bertz CT molecular complexity index is 214. The lowest BCUT2D eigenvalue weighted by Crippen LogP contribution is -2.38. The van der Waals surface area contributed by atoms with Gasteiger partial charge in [0.1, 0.15) is 0 Å². The summed E-state index contributed by atoms with van der Waals surface area (Å²) in [5.41, 5.74) is 0.381. The van der Waals surface area contributed by atoms with Crippen LogP contribution in [0.1, 0.15) is 91.9 Å². The molecule has 1 N–H and O–H groups in total. The summed E-state index contributed by atoms with van der Waals surface area (Å²) >= 11 is 0. The molecule has 0 radical (unpaired) electrons. The average Bonchev–Trinajstić information content (AvgIpc) is 2.38. The van der Waals surface area contributed by atoms with Crippen LogP contribution < -0.4 is 5.32 Å². The van der Waals surface area contributed by atoms with Crippen LogP contribution in [0.4, 0.5) is 0 Å². The maximum Gasteiger partial charge on any atom is 0.00872 e. The van der Waals surface area contributed by atoms with E-state index >= 15 is 0 Å². The van der Waals surface area contributed by atoms with Crippen molar-refractivity contribution in [2.75, 3.05) is 6.54 Å². The van der Waals surface area contributed by atoms with E-state index in [9.17, 15) is 0 Å². The summed E-state index contributed by atoms with van der Waals surface area (Å²) in [5.74, 6) is 0. The summed E-state index contributed by atoms with van der Waals surface area (Å²) in [5, 5.41) is 3.65. The Morgan fingerprint density at radius 1 is 0.850 bits per heavy atom. The minimum atomic E-state index is 0.381. The van der Waals surface area contributed by atoms with Crippen molar-refractivity contribution in [2.24, 2.45) is 5.41 Å². The number of hydrogen-bond donors (Lipinski definition) is 1. The minimum absolute atomic E-state index is 0.381. The molecule has 0 heterocycles. The van der Waals surface area contributed by atoms with Gasteiger partial charge in [-0.1, -0.05) is 71.8 Å². The van der Waals surface area contributed by atoms with E-state index in [-0.39, 0.29) is 0 Å². The molecule has 0 spiro atoms. The van der Waals surface area contributed by atoms with Gasteiger partial charge in [-0.2, -0.15) is 0 Å². The Kier molecular flexibility index (Phi) is 12.3. The molecule has 0 aliphatic heterocycles. The van der Waals surface area contributed by atoms with E-state index in [0.717, 1.165) is 0 Å². The van der Waals surface area contributed by atoms with E-state index in [0.29, 0.717) is 11.5 Å². The molecule has 0 saturated heterocycles. The van der Waals surface area contributed by atoms with Gasteiger partial charge in [-0.05, 0) is 38.1 Å². The van der Waals surface area contributed by atoms with Crippen molar-refractivity contribution in [1.82, 2.24) is 5.32 Å². The quantitative estimate of drug-likeness (QED) is 0.318. The topological polar surface area (TPSA) is 12.0 Å². The van der Waals surface area contributed by atoms with Crippen molar-refractivity contribution in [3.05, 3.63) is 12.7 Å². The molecule has 0 fully saturated rings. The maximum atomic E-state index is 3.76. The number of unbranched alkanes of at least 4 members (excludes halogenated alkanes) is 9. The van der Waals surface area contributed by atoms with E-state index in [1.165, 1.54) is 70.8 Å². The molecule has 1 heteroatoms. The highest BCUT2D eigenvalue weighted by Gasteiger charge is 2.18. The summed E-state index contributed by atoms with van der Waals surface area (Å²) in [6.07, 6.45) is 15.8. The van der Waals surface area contributed by atoms with Gasteiger partial charge in [0.15, 0.2) is 0 Å². The largest absolute Gasteiger partial charge is 0.314 e. The minimum Gasteiger partial charge on any atom is -0.314 e. The average molecular weight is 282 g/mol. The molecule has 120 valence electrons. The number of rotatable bonds is 13. The lowest BCUT2D eigenvalue weighted by Gasteiger charge is -2.28. The standard InChI is InChI=1S/C19H39N/c1-6-7-8-9-10-11-12-13-14-15-16-17-20-18(2)19(3,4)5/h6,18,20H,1,7-17H2,2-5H3. The third-order valence-corrected chi connectivity index (χ3v) is 4.33. The molecule has 0 amide bonds. The third kappa shape index (κ3) is 12.7. The second kappa shape index (κ2) is 12.4. The number of allylic oxidation sites excluding steroid dienone is 1. The van der Waals surface area contributed by atoms with Crippen molar-refractivity contribution in [3.8, 4) is 0 Å². The van der Waals surface area contributed by atoms with E-state index in [2.05, 4.69) is 39.6 Å². The van der Waals surface area contributed by atoms with Gasteiger partial charge in [0, 0.05) is 6.04 Å². The lowest BCUT2D eigenvalue weighted by molar-refractivity contribution is 0.285. The lowest BCUT2D eigenvalue weighted by atomic mass is 9.88. The van der Waals surface area contributed by atoms with Crippen molar-refractivity contribution < 1.29 is 0 Å². The molecular weight excluding hydrogens is 242 g/mol. The molecule has 20 heavy (non-hydrogen) atoms. The Morgan fingerprint density at radius 3 is 1.75 bits per heavy atom. The molecule has 0 rings (SSSR count). The smallest absolute Gasteiger partial charge is 0.00872 e. The van der Waals surface area contributed by atoms with Crippen LogP contribution in [0.3, 0.4) is 0 Å². The van der Waals surface area contributed by atoms with Gasteiger partial charge in [-0.15, -0.1) is 6.58 Å². The molecule has 0 aromatic carbocycles. The van der Waals surface area contributed by atoms with Gasteiger partial charge >= 0.3 is 0 Å². The summed E-state index contributed by atoms with van der Waals surface area (Å²) in [7, 11) is 0. The van der Waals surface area contributed by atoms with Gasteiger partial charge in [0.25, 0.3) is 0 Å². The molecule has 1 atom stereocenters. The first-order valence-electron chi connectivity index (χ1n) is 8.82. The summed E-state index contributed by atoms with van der Waals surface area (Å²) < 4.78 is 0. The monoisotopic (exact) mass is 281 g/mol. The summed E-state index contributed by atoms with van der Waals surface area (Å²) in [6.45, 7) is 14.2. The Balaban J connectivity index is 3.15. The first kappa shape index (κ1) is 19.7. The van der Waals surface area contributed by atoms with E-state index in [4.69, 9.17) is 0 Å². The van der Waals surface area contributed by atoms with Crippen molar-refractivity contribution in [1.29, 1.82) is 0 Å². The van der Waals surface area contributed by atoms with Crippen LogP contribution in [0.5, 0.6) is 0 Å². The highest BCUT2D eigenvalue weighted by atomic mass is 14.9. The van der Waals surface area contributed by atoms with Gasteiger partial charge in [0.2, 0.25) is 0 Å². The van der Waals surface area contributed by atoms with Crippen LogP contribution in [-0.2, 0) is 0 Å². The zero-order valence-electron chi connectivity index (χ0n) is 14.6. The van der Waals surface area contributed by atoms with Crippen LogP contribution in [0, 0.1) is 5.41 Å². The van der Waals surface area contributed by atoms with Gasteiger partial charge < -0.3 is 5.32 Å². The van der Waals surface area contributed by atoms with Gasteiger partial charge in [-0.3, -0.25) is 0 Å². The second-order valence-electron chi connectivity index (χ2n) is 7.30. The molecule has 0 saturated carbocycles. The van der Waals surface area contributed by atoms with Gasteiger partial charge in [0.05, 0.1) is 0 Å². The fourth-order valence-corrected chi connectivity index (χ4v) is 2.28. The zero-order valence-corrected chi connectivity index (χ0v) is 14.6.